The number of amides is 1. The van der Waals surface area contributed by atoms with Crippen LogP contribution < -0.4 is 10.6 Å². The first-order valence-electron chi connectivity index (χ1n) is 6.72. The van der Waals surface area contributed by atoms with Crippen LogP contribution >= 0.6 is 0 Å². The van der Waals surface area contributed by atoms with E-state index in [-0.39, 0.29) is 17.0 Å². The molecular weight excluding hydrogens is 243 g/mol. The molecule has 0 unspecified atom stereocenters. The molecule has 0 aliphatic heterocycles. The second kappa shape index (κ2) is 6.55. The predicted molar refractivity (Wildman–Crippen MR) is 77.0 cm³/mol. The summed E-state index contributed by atoms with van der Waals surface area (Å²) < 4.78 is 13.7. The first kappa shape index (κ1) is 15.5. The van der Waals surface area contributed by atoms with Gasteiger partial charge in [-0.15, -0.1) is 0 Å². The van der Waals surface area contributed by atoms with Crippen molar-refractivity contribution >= 4 is 11.6 Å². The zero-order valence-corrected chi connectivity index (χ0v) is 12.1. The van der Waals surface area contributed by atoms with Gasteiger partial charge in [0.05, 0.1) is 11.3 Å². The minimum Gasteiger partial charge on any atom is -0.382 e. The van der Waals surface area contributed by atoms with Gasteiger partial charge in [0.15, 0.2) is 0 Å². The number of hydrogen-bond donors (Lipinski definition) is 2. The Balaban J connectivity index is 2.85. The van der Waals surface area contributed by atoms with Gasteiger partial charge in [0, 0.05) is 13.1 Å². The molecule has 0 radical (unpaired) electrons. The van der Waals surface area contributed by atoms with Crippen LogP contribution in [0.5, 0.6) is 0 Å². The molecule has 106 valence electrons. The average molecular weight is 266 g/mol. The molecule has 1 aromatic rings. The molecule has 0 saturated carbocycles. The lowest BCUT2D eigenvalue weighted by Gasteiger charge is -2.23. The van der Waals surface area contributed by atoms with Crippen molar-refractivity contribution in [2.24, 2.45) is 5.41 Å². The van der Waals surface area contributed by atoms with Crippen LogP contribution in [0.2, 0.25) is 0 Å². The lowest BCUT2D eigenvalue weighted by atomic mass is 9.90. The van der Waals surface area contributed by atoms with Crippen LogP contribution in [0.3, 0.4) is 0 Å². The predicted octanol–water partition coefficient (Wildman–Crippen LogP) is 3.42. The Morgan fingerprint density at radius 3 is 2.58 bits per heavy atom. The van der Waals surface area contributed by atoms with E-state index in [0.29, 0.717) is 18.7 Å². The van der Waals surface area contributed by atoms with Crippen molar-refractivity contribution < 1.29 is 9.18 Å². The first-order chi connectivity index (χ1) is 8.91. The minimum atomic E-state index is -0.399. The number of nitrogens with one attached hydrogen (secondary N) is 2. The molecule has 0 fully saturated rings. The van der Waals surface area contributed by atoms with Gasteiger partial charge in [0.25, 0.3) is 5.91 Å². The number of hydrogen-bond acceptors (Lipinski definition) is 2. The summed E-state index contributed by atoms with van der Waals surface area (Å²) >= 11 is 0. The van der Waals surface area contributed by atoms with Crippen molar-refractivity contribution in [3.63, 3.8) is 0 Å². The third-order valence-corrected chi connectivity index (χ3v) is 3.30. The van der Waals surface area contributed by atoms with Gasteiger partial charge in [-0.1, -0.05) is 26.8 Å². The van der Waals surface area contributed by atoms with E-state index in [1.165, 1.54) is 6.07 Å². The molecule has 0 atom stereocenters. The maximum Gasteiger partial charge on any atom is 0.253 e. The largest absolute Gasteiger partial charge is 0.382 e. The molecule has 0 saturated heterocycles. The third-order valence-electron chi connectivity index (χ3n) is 3.30. The molecular formula is C15H23FN2O. The summed E-state index contributed by atoms with van der Waals surface area (Å²) in [6, 6.07) is 4.54. The summed E-state index contributed by atoms with van der Waals surface area (Å²) in [7, 11) is 0. The molecule has 1 rings (SSSR count). The van der Waals surface area contributed by atoms with Crippen LogP contribution in [0.25, 0.3) is 0 Å². The number of para-hydroxylation sites is 1. The Bertz CT molecular complexity index is 444. The van der Waals surface area contributed by atoms with Crippen LogP contribution in [0.1, 0.15) is 44.5 Å². The van der Waals surface area contributed by atoms with Crippen LogP contribution in [0, 0.1) is 11.2 Å². The van der Waals surface area contributed by atoms with Gasteiger partial charge in [-0.3, -0.25) is 4.79 Å². The zero-order valence-electron chi connectivity index (χ0n) is 12.1. The summed E-state index contributed by atoms with van der Waals surface area (Å²) in [5.74, 6) is -0.638. The Morgan fingerprint density at radius 1 is 1.32 bits per heavy atom. The number of halogens is 1. The second-order valence-electron chi connectivity index (χ2n) is 5.39. The average Bonchev–Trinajstić information content (AvgIpc) is 2.38. The second-order valence-corrected chi connectivity index (χ2v) is 5.39. The standard InChI is InChI=1S/C15H23FN2O/c1-5-15(3,4)10-18-14(19)11-8-7-9-12(16)13(11)17-6-2/h7-9,17H,5-6,10H2,1-4H3,(H,18,19). The first-order valence-corrected chi connectivity index (χ1v) is 6.72. The van der Waals surface area contributed by atoms with E-state index in [9.17, 15) is 9.18 Å². The molecule has 1 amide bonds. The molecule has 4 heteroatoms. The molecule has 2 N–H and O–H groups in total. The Hall–Kier alpha value is -1.58. The monoisotopic (exact) mass is 266 g/mol. The van der Waals surface area contributed by atoms with Crippen molar-refractivity contribution in [1.29, 1.82) is 0 Å². The zero-order chi connectivity index (χ0) is 14.5. The highest BCUT2D eigenvalue weighted by Gasteiger charge is 2.19. The summed E-state index contributed by atoms with van der Waals surface area (Å²) in [5, 5.41) is 5.77. The van der Waals surface area contributed by atoms with Crippen LogP contribution in [0.15, 0.2) is 18.2 Å². The molecule has 1 aromatic carbocycles. The van der Waals surface area contributed by atoms with Crippen molar-refractivity contribution in [1.82, 2.24) is 5.32 Å². The number of carbonyl (C=O) groups is 1. The molecule has 0 spiro atoms. The lowest BCUT2D eigenvalue weighted by Crippen LogP contribution is -2.34. The van der Waals surface area contributed by atoms with Crippen molar-refractivity contribution in [3.8, 4) is 0 Å². The van der Waals surface area contributed by atoms with Gasteiger partial charge in [-0.05, 0) is 30.9 Å². The van der Waals surface area contributed by atoms with Gasteiger partial charge < -0.3 is 10.6 Å². The quantitative estimate of drug-likeness (QED) is 0.828. The van der Waals surface area contributed by atoms with Crippen molar-refractivity contribution in [2.75, 3.05) is 18.4 Å². The van der Waals surface area contributed by atoms with Gasteiger partial charge in [-0.2, -0.15) is 0 Å². The maximum atomic E-state index is 13.7. The number of benzene rings is 1. The van der Waals surface area contributed by atoms with Gasteiger partial charge in [0.1, 0.15) is 5.82 Å². The molecule has 3 nitrogen and oxygen atoms in total. The summed E-state index contributed by atoms with van der Waals surface area (Å²) in [5.41, 5.74) is 0.673. The molecule has 0 aliphatic carbocycles. The highest BCUT2D eigenvalue weighted by Crippen LogP contribution is 2.21. The van der Waals surface area contributed by atoms with Gasteiger partial charge in [0.2, 0.25) is 0 Å². The topological polar surface area (TPSA) is 41.1 Å². The molecule has 0 heterocycles. The smallest absolute Gasteiger partial charge is 0.253 e. The van der Waals surface area contributed by atoms with Crippen LogP contribution in [0.4, 0.5) is 10.1 Å². The van der Waals surface area contributed by atoms with Gasteiger partial charge >= 0.3 is 0 Å². The number of rotatable bonds is 6. The van der Waals surface area contributed by atoms with E-state index in [1.54, 1.807) is 12.1 Å². The van der Waals surface area contributed by atoms with E-state index in [1.807, 2.05) is 6.92 Å². The van der Waals surface area contributed by atoms with Gasteiger partial charge in [-0.25, -0.2) is 4.39 Å². The van der Waals surface area contributed by atoms with Crippen LogP contribution in [-0.2, 0) is 0 Å². The lowest BCUT2D eigenvalue weighted by molar-refractivity contribution is 0.0936. The van der Waals surface area contributed by atoms with E-state index >= 15 is 0 Å². The van der Waals surface area contributed by atoms with E-state index in [0.717, 1.165) is 6.42 Å². The molecule has 0 aromatic heterocycles. The fourth-order valence-corrected chi connectivity index (χ4v) is 1.61. The number of anilines is 1. The van der Waals surface area contributed by atoms with E-state index < -0.39 is 5.82 Å². The number of carbonyl (C=O) groups excluding carboxylic acids is 1. The normalized spacial score (nSPS) is 11.2. The molecule has 19 heavy (non-hydrogen) atoms. The summed E-state index contributed by atoms with van der Waals surface area (Å²) in [6.45, 7) is 9.27. The highest BCUT2D eigenvalue weighted by atomic mass is 19.1. The van der Waals surface area contributed by atoms with Crippen molar-refractivity contribution in [3.05, 3.63) is 29.6 Å². The summed E-state index contributed by atoms with van der Waals surface area (Å²) in [6.07, 6.45) is 0.969. The summed E-state index contributed by atoms with van der Waals surface area (Å²) in [4.78, 5) is 12.1. The fraction of sp³-hybridized carbons (Fsp3) is 0.533. The maximum absolute atomic E-state index is 13.7. The Labute approximate surface area is 114 Å². The highest BCUT2D eigenvalue weighted by molar-refractivity contribution is 5.99. The Morgan fingerprint density at radius 2 is 2.00 bits per heavy atom. The molecule has 0 aliphatic rings. The van der Waals surface area contributed by atoms with Crippen LogP contribution in [-0.4, -0.2) is 19.0 Å². The van der Waals surface area contributed by atoms with E-state index in [2.05, 4.69) is 31.4 Å². The van der Waals surface area contributed by atoms with E-state index in [4.69, 9.17) is 0 Å². The van der Waals surface area contributed by atoms with Crippen molar-refractivity contribution in [2.45, 2.75) is 34.1 Å². The minimum absolute atomic E-state index is 0.0430. The Kier molecular flexibility index (Phi) is 5.33. The fourth-order valence-electron chi connectivity index (χ4n) is 1.61. The molecule has 0 bridgehead atoms. The SMILES string of the molecule is CCNc1c(F)cccc1C(=O)NCC(C)(C)CC. The third kappa shape index (κ3) is 4.23.